The van der Waals surface area contributed by atoms with Gasteiger partial charge in [0.2, 0.25) is 0 Å². The Labute approximate surface area is 156 Å². The highest BCUT2D eigenvalue weighted by molar-refractivity contribution is 5.96. The number of benzene rings is 2. The molecule has 0 spiro atoms. The first kappa shape index (κ1) is 20.0. The number of nitrogens with one attached hydrogen (secondary N) is 2. The van der Waals surface area contributed by atoms with Crippen molar-refractivity contribution in [1.29, 1.82) is 0 Å². The van der Waals surface area contributed by atoms with E-state index >= 15 is 0 Å². The lowest BCUT2D eigenvalue weighted by Crippen LogP contribution is -2.43. The van der Waals surface area contributed by atoms with Crippen LogP contribution in [0.15, 0.2) is 42.5 Å². The summed E-state index contributed by atoms with van der Waals surface area (Å²) in [5.41, 5.74) is 4.71. The quantitative estimate of drug-likeness (QED) is 0.725. The van der Waals surface area contributed by atoms with Gasteiger partial charge in [0.15, 0.2) is 29.7 Å². The average molecular weight is 376 g/mol. The van der Waals surface area contributed by atoms with Gasteiger partial charge in [-0.25, -0.2) is 4.39 Å². The van der Waals surface area contributed by atoms with Crippen LogP contribution in [-0.4, -0.2) is 31.6 Å². The number of hydrazine groups is 1. The number of hydrogen-bond donors (Lipinski definition) is 2. The topological polar surface area (TPSA) is 85.9 Å². The second-order valence-corrected chi connectivity index (χ2v) is 5.75. The Balaban J connectivity index is 1.89. The lowest BCUT2D eigenvalue weighted by Gasteiger charge is -2.14. The van der Waals surface area contributed by atoms with Crippen molar-refractivity contribution >= 4 is 11.8 Å². The van der Waals surface area contributed by atoms with Crippen molar-refractivity contribution in [2.24, 2.45) is 0 Å². The predicted molar refractivity (Wildman–Crippen MR) is 96.3 cm³/mol. The fourth-order valence-electron chi connectivity index (χ4n) is 2.10. The van der Waals surface area contributed by atoms with Crippen LogP contribution in [-0.2, 0) is 4.79 Å². The molecule has 2 rings (SSSR count). The second-order valence-electron chi connectivity index (χ2n) is 5.75. The van der Waals surface area contributed by atoms with Crippen LogP contribution >= 0.6 is 0 Å². The molecule has 0 saturated heterocycles. The number of hydrogen-bond acceptors (Lipinski definition) is 5. The molecular weight excluding hydrogens is 355 g/mol. The van der Waals surface area contributed by atoms with E-state index in [4.69, 9.17) is 14.2 Å². The second kappa shape index (κ2) is 9.42. The van der Waals surface area contributed by atoms with Crippen molar-refractivity contribution < 1.29 is 28.2 Å². The Morgan fingerprint density at radius 2 is 1.78 bits per heavy atom. The molecule has 2 aromatic carbocycles. The highest BCUT2D eigenvalue weighted by Gasteiger charge is 2.13. The van der Waals surface area contributed by atoms with E-state index in [2.05, 4.69) is 10.9 Å². The molecule has 0 aromatic heterocycles. The maximum Gasteiger partial charge on any atom is 0.276 e. The third-order valence-corrected chi connectivity index (χ3v) is 3.30. The van der Waals surface area contributed by atoms with E-state index in [0.29, 0.717) is 11.5 Å². The number of ether oxygens (including phenoxy) is 3. The molecule has 0 saturated carbocycles. The fourth-order valence-corrected chi connectivity index (χ4v) is 2.10. The van der Waals surface area contributed by atoms with Gasteiger partial charge in [0.05, 0.1) is 13.2 Å². The van der Waals surface area contributed by atoms with E-state index in [9.17, 15) is 14.0 Å². The fraction of sp³-hybridized carbons (Fsp3) is 0.263. The molecule has 7 nitrogen and oxygen atoms in total. The Bertz CT molecular complexity index is 810. The molecule has 144 valence electrons. The summed E-state index contributed by atoms with van der Waals surface area (Å²) in [6, 6.07) is 10.3. The molecule has 2 N–H and O–H groups in total. The summed E-state index contributed by atoms with van der Waals surface area (Å²) in [5, 5.41) is 0. The van der Waals surface area contributed by atoms with Crippen LogP contribution in [0.4, 0.5) is 4.39 Å². The molecule has 0 heterocycles. The number of amides is 2. The van der Waals surface area contributed by atoms with Gasteiger partial charge in [0, 0.05) is 5.56 Å². The highest BCUT2D eigenvalue weighted by Crippen LogP contribution is 2.28. The van der Waals surface area contributed by atoms with Gasteiger partial charge < -0.3 is 14.2 Å². The first-order valence-electron chi connectivity index (χ1n) is 8.22. The van der Waals surface area contributed by atoms with E-state index < -0.39 is 24.2 Å². The van der Waals surface area contributed by atoms with Crippen LogP contribution in [0.2, 0.25) is 0 Å². The first-order valence-corrected chi connectivity index (χ1v) is 8.22. The molecular formula is C19H21FN2O5. The number of para-hydroxylation sites is 1. The summed E-state index contributed by atoms with van der Waals surface area (Å²) in [6.45, 7) is 3.30. The van der Waals surface area contributed by atoms with Crippen LogP contribution in [0.25, 0.3) is 0 Å². The van der Waals surface area contributed by atoms with Gasteiger partial charge in [-0.2, -0.15) is 0 Å². The number of rotatable bonds is 7. The molecule has 2 amide bonds. The molecule has 0 fully saturated rings. The zero-order valence-corrected chi connectivity index (χ0v) is 15.2. The minimum Gasteiger partial charge on any atom is -0.493 e. The number of methoxy groups -OCH3 is 1. The third kappa shape index (κ3) is 5.88. The van der Waals surface area contributed by atoms with Gasteiger partial charge in [-0.3, -0.25) is 20.4 Å². The summed E-state index contributed by atoms with van der Waals surface area (Å²) in [5.74, 6) is -0.923. The minimum atomic E-state index is -0.640. The molecule has 2 aromatic rings. The average Bonchev–Trinajstić information content (AvgIpc) is 2.65. The Morgan fingerprint density at radius 1 is 1.04 bits per heavy atom. The molecule has 27 heavy (non-hydrogen) atoms. The van der Waals surface area contributed by atoms with Crippen molar-refractivity contribution in [2.75, 3.05) is 13.7 Å². The highest BCUT2D eigenvalue weighted by atomic mass is 19.1. The van der Waals surface area contributed by atoms with Crippen molar-refractivity contribution in [3.8, 4) is 17.2 Å². The Morgan fingerprint density at radius 3 is 2.44 bits per heavy atom. The Kier molecular flexibility index (Phi) is 6.99. The molecule has 0 aliphatic heterocycles. The predicted octanol–water partition coefficient (Wildman–Crippen LogP) is 2.46. The maximum absolute atomic E-state index is 13.4. The van der Waals surface area contributed by atoms with Crippen LogP contribution in [0.5, 0.6) is 17.2 Å². The maximum atomic E-state index is 13.4. The van der Waals surface area contributed by atoms with Crippen LogP contribution in [0.1, 0.15) is 24.2 Å². The van der Waals surface area contributed by atoms with Crippen LogP contribution in [0.3, 0.4) is 0 Å². The summed E-state index contributed by atoms with van der Waals surface area (Å²) in [7, 11) is 1.46. The molecule has 0 unspecified atom stereocenters. The summed E-state index contributed by atoms with van der Waals surface area (Å²) in [6.07, 6.45) is -0.0488. The van der Waals surface area contributed by atoms with Crippen molar-refractivity contribution in [1.82, 2.24) is 10.9 Å². The van der Waals surface area contributed by atoms with Crippen molar-refractivity contribution in [3.63, 3.8) is 0 Å². The number of carbonyl (C=O) groups excluding carboxylic acids is 2. The molecule has 8 heteroatoms. The van der Waals surface area contributed by atoms with Gasteiger partial charge in [0.1, 0.15) is 0 Å². The zero-order chi connectivity index (χ0) is 19.8. The smallest absolute Gasteiger partial charge is 0.276 e. The van der Waals surface area contributed by atoms with Gasteiger partial charge in [-0.05, 0) is 44.2 Å². The SMILES string of the molecule is COc1cc(C(=O)NNC(=O)COc2ccccc2F)ccc1OC(C)C. The zero-order valence-electron chi connectivity index (χ0n) is 15.2. The largest absolute Gasteiger partial charge is 0.493 e. The Hall–Kier alpha value is -3.29. The number of carbonyl (C=O) groups is 2. The van der Waals surface area contributed by atoms with E-state index in [-0.39, 0.29) is 17.4 Å². The summed E-state index contributed by atoms with van der Waals surface area (Å²) in [4.78, 5) is 23.9. The first-order chi connectivity index (χ1) is 12.9. The summed E-state index contributed by atoms with van der Waals surface area (Å²) < 4.78 is 29.3. The molecule has 0 atom stereocenters. The molecule has 0 radical (unpaired) electrons. The normalized spacial score (nSPS) is 10.3. The van der Waals surface area contributed by atoms with E-state index in [1.165, 1.54) is 37.4 Å². The van der Waals surface area contributed by atoms with Crippen LogP contribution in [0, 0.1) is 5.82 Å². The van der Waals surface area contributed by atoms with Gasteiger partial charge >= 0.3 is 0 Å². The molecule has 0 bridgehead atoms. The van der Waals surface area contributed by atoms with E-state index in [1.807, 2.05) is 13.8 Å². The van der Waals surface area contributed by atoms with Crippen LogP contribution < -0.4 is 25.1 Å². The van der Waals surface area contributed by atoms with Gasteiger partial charge in [-0.1, -0.05) is 12.1 Å². The van der Waals surface area contributed by atoms with Gasteiger partial charge in [-0.15, -0.1) is 0 Å². The lowest BCUT2D eigenvalue weighted by molar-refractivity contribution is -0.123. The summed E-state index contributed by atoms with van der Waals surface area (Å²) >= 11 is 0. The molecule has 0 aliphatic rings. The van der Waals surface area contributed by atoms with E-state index in [1.54, 1.807) is 12.1 Å². The number of halogens is 1. The van der Waals surface area contributed by atoms with Crippen molar-refractivity contribution in [3.05, 3.63) is 53.8 Å². The third-order valence-electron chi connectivity index (χ3n) is 3.30. The van der Waals surface area contributed by atoms with E-state index in [0.717, 1.165) is 0 Å². The lowest BCUT2D eigenvalue weighted by atomic mass is 10.2. The molecule has 0 aliphatic carbocycles. The monoisotopic (exact) mass is 376 g/mol. The minimum absolute atomic E-state index is 0.0488. The van der Waals surface area contributed by atoms with Gasteiger partial charge in [0.25, 0.3) is 11.8 Å². The van der Waals surface area contributed by atoms with Crippen molar-refractivity contribution in [2.45, 2.75) is 20.0 Å². The standard InChI is InChI=1S/C19H21FN2O5/c1-12(2)27-16-9-8-13(10-17(16)25-3)19(24)22-21-18(23)11-26-15-7-5-4-6-14(15)20/h4-10,12H,11H2,1-3H3,(H,21,23)(H,22,24).